The zero-order chi connectivity index (χ0) is 13.3. The van der Waals surface area contributed by atoms with Gasteiger partial charge in [-0.3, -0.25) is 0 Å². The molecule has 1 saturated carbocycles. The number of alkyl halides is 3. The van der Waals surface area contributed by atoms with Crippen molar-refractivity contribution in [1.82, 2.24) is 4.98 Å². The van der Waals surface area contributed by atoms with Crippen LogP contribution in [0, 0.1) is 0 Å². The summed E-state index contributed by atoms with van der Waals surface area (Å²) in [6, 6.07) is 1.03. The normalized spacial score (nSPS) is 24.3. The Morgan fingerprint density at radius 3 is 2.61 bits per heavy atom. The van der Waals surface area contributed by atoms with Crippen LogP contribution in [0.3, 0.4) is 0 Å². The molecule has 1 N–H and O–H groups in total. The summed E-state index contributed by atoms with van der Waals surface area (Å²) in [6.07, 6.45) is -1.60. The number of aromatic nitrogens is 1. The summed E-state index contributed by atoms with van der Waals surface area (Å²) in [7, 11) is 1.15. The number of hydrogen-bond donors (Lipinski definition) is 1. The number of nitrogens with zero attached hydrogens (tertiary/aromatic N) is 1. The van der Waals surface area contributed by atoms with Gasteiger partial charge in [0.2, 0.25) is 5.88 Å². The van der Waals surface area contributed by atoms with Crippen LogP contribution in [-0.2, 0) is 6.18 Å². The van der Waals surface area contributed by atoms with Crippen molar-refractivity contribution < 1.29 is 23.0 Å². The van der Waals surface area contributed by atoms with Crippen LogP contribution < -0.4 is 4.74 Å². The third-order valence-corrected chi connectivity index (χ3v) is 3.28. The van der Waals surface area contributed by atoms with Crippen molar-refractivity contribution in [1.29, 1.82) is 0 Å². The Bertz CT molecular complexity index is 434. The quantitative estimate of drug-likeness (QED) is 0.890. The van der Waals surface area contributed by atoms with Crippen molar-refractivity contribution >= 4 is 0 Å². The first-order valence-corrected chi connectivity index (χ1v) is 5.72. The van der Waals surface area contributed by atoms with E-state index in [1.807, 2.05) is 0 Å². The lowest BCUT2D eigenvalue weighted by molar-refractivity contribution is -0.139. The van der Waals surface area contributed by atoms with E-state index in [2.05, 4.69) is 9.72 Å². The summed E-state index contributed by atoms with van der Waals surface area (Å²) in [6.45, 7) is 0. The van der Waals surface area contributed by atoms with E-state index < -0.39 is 23.7 Å². The lowest BCUT2D eigenvalue weighted by Gasteiger charge is -2.17. The molecule has 1 aliphatic rings. The van der Waals surface area contributed by atoms with Crippen LogP contribution in [0.25, 0.3) is 0 Å². The predicted molar refractivity (Wildman–Crippen MR) is 58.4 cm³/mol. The summed E-state index contributed by atoms with van der Waals surface area (Å²) in [5, 5.41) is 9.72. The minimum Gasteiger partial charge on any atom is -0.481 e. The monoisotopic (exact) mass is 261 g/mol. The smallest absolute Gasteiger partial charge is 0.421 e. The van der Waals surface area contributed by atoms with Gasteiger partial charge in [-0.2, -0.15) is 13.2 Å². The Labute approximate surface area is 103 Å². The van der Waals surface area contributed by atoms with E-state index in [0.717, 1.165) is 19.6 Å². The van der Waals surface area contributed by atoms with E-state index in [-0.39, 0.29) is 5.92 Å². The molecule has 1 heterocycles. The minimum atomic E-state index is -4.50. The second-order valence-corrected chi connectivity index (χ2v) is 4.43. The Morgan fingerprint density at radius 2 is 2.11 bits per heavy atom. The molecule has 3 nitrogen and oxygen atoms in total. The van der Waals surface area contributed by atoms with Crippen LogP contribution in [0.15, 0.2) is 12.3 Å². The molecule has 2 unspecified atom stereocenters. The van der Waals surface area contributed by atoms with Crippen molar-refractivity contribution in [3.63, 3.8) is 0 Å². The zero-order valence-corrected chi connectivity index (χ0v) is 9.87. The fourth-order valence-electron chi connectivity index (χ4n) is 2.37. The Morgan fingerprint density at radius 1 is 1.39 bits per heavy atom. The summed E-state index contributed by atoms with van der Waals surface area (Å²) in [4.78, 5) is 3.69. The molecule has 0 amide bonds. The maximum Gasteiger partial charge on any atom is 0.421 e. The average molecular weight is 261 g/mol. The van der Waals surface area contributed by atoms with Gasteiger partial charge in [-0.25, -0.2) is 4.98 Å². The van der Waals surface area contributed by atoms with Crippen molar-refractivity contribution in [3.8, 4) is 5.88 Å². The van der Waals surface area contributed by atoms with Crippen LogP contribution in [0.2, 0.25) is 0 Å². The third kappa shape index (κ3) is 2.43. The first kappa shape index (κ1) is 13.1. The molecule has 0 aliphatic heterocycles. The predicted octanol–water partition coefficient (Wildman–Crippen LogP) is 2.74. The first-order valence-electron chi connectivity index (χ1n) is 5.72. The molecular weight excluding hydrogens is 247 g/mol. The topological polar surface area (TPSA) is 42.4 Å². The SMILES string of the molecule is COc1ncc(C2CCCC2O)cc1C(F)(F)F. The van der Waals surface area contributed by atoms with Crippen molar-refractivity contribution in [2.45, 2.75) is 37.5 Å². The molecule has 6 heteroatoms. The highest BCUT2D eigenvalue weighted by atomic mass is 19.4. The van der Waals surface area contributed by atoms with Gasteiger partial charge < -0.3 is 9.84 Å². The summed E-state index contributed by atoms with van der Waals surface area (Å²) < 4.78 is 43.1. The van der Waals surface area contributed by atoms with Crippen LogP contribution in [0.5, 0.6) is 5.88 Å². The van der Waals surface area contributed by atoms with E-state index >= 15 is 0 Å². The highest BCUT2D eigenvalue weighted by molar-refractivity contribution is 5.34. The van der Waals surface area contributed by atoms with Gasteiger partial charge in [-0.15, -0.1) is 0 Å². The molecule has 0 radical (unpaired) electrons. The van der Waals surface area contributed by atoms with Crippen LogP contribution >= 0.6 is 0 Å². The molecule has 0 bridgehead atoms. The Kier molecular flexibility index (Phi) is 3.47. The summed E-state index contributed by atoms with van der Waals surface area (Å²) in [5.74, 6) is -0.691. The molecule has 1 aromatic rings. The molecule has 1 aromatic heterocycles. The van der Waals surface area contributed by atoms with Crippen molar-refractivity contribution in [2.24, 2.45) is 0 Å². The highest BCUT2D eigenvalue weighted by Crippen LogP contribution is 2.40. The molecule has 1 aliphatic carbocycles. The number of methoxy groups -OCH3 is 1. The van der Waals surface area contributed by atoms with Gasteiger partial charge in [-0.05, 0) is 24.5 Å². The molecule has 1 fully saturated rings. The number of aliphatic hydroxyl groups excluding tert-OH is 1. The average Bonchev–Trinajstić information content (AvgIpc) is 2.73. The summed E-state index contributed by atoms with van der Waals surface area (Å²) >= 11 is 0. The first-order chi connectivity index (χ1) is 8.43. The van der Waals surface area contributed by atoms with Crippen LogP contribution in [0.1, 0.15) is 36.3 Å². The second-order valence-electron chi connectivity index (χ2n) is 4.43. The minimum absolute atomic E-state index is 0.260. The zero-order valence-electron chi connectivity index (χ0n) is 9.87. The highest BCUT2D eigenvalue weighted by Gasteiger charge is 2.37. The lowest BCUT2D eigenvalue weighted by Crippen LogP contribution is -2.14. The maximum absolute atomic E-state index is 12.8. The van der Waals surface area contributed by atoms with Gasteiger partial charge in [0.15, 0.2) is 0 Å². The van der Waals surface area contributed by atoms with Gasteiger partial charge in [0.1, 0.15) is 5.56 Å². The molecular formula is C12H14F3NO2. The molecule has 0 aromatic carbocycles. The number of rotatable bonds is 2. The van der Waals surface area contributed by atoms with Gasteiger partial charge >= 0.3 is 6.18 Å². The van der Waals surface area contributed by atoms with Crippen LogP contribution in [0.4, 0.5) is 13.2 Å². The van der Waals surface area contributed by atoms with E-state index in [1.165, 1.54) is 6.20 Å². The second kappa shape index (κ2) is 4.76. The molecule has 2 atom stereocenters. The summed E-state index contributed by atoms with van der Waals surface area (Å²) in [5.41, 5.74) is -0.463. The largest absolute Gasteiger partial charge is 0.481 e. The van der Waals surface area contributed by atoms with E-state index in [0.29, 0.717) is 18.4 Å². The number of hydrogen-bond acceptors (Lipinski definition) is 3. The number of aliphatic hydroxyl groups is 1. The fraction of sp³-hybridized carbons (Fsp3) is 0.583. The number of ether oxygens (including phenoxy) is 1. The van der Waals surface area contributed by atoms with Crippen LogP contribution in [-0.4, -0.2) is 23.3 Å². The molecule has 2 rings (SSSR count). The van der Waals surface area contributed by atoms with Gasteiger partial charge in [-0.1, -0.05) is 6.42 Å². The van der Waals surface area contributed by atoms with E-state index in [4.69, 9.17) is 0 Å². The van der Waals surface area contributed by atoms with Gasteiger partial charge in [0.05, 0.1) is 13.2 Å². The standard InChI is InChI=1S/C12H14F3NO2/c1-18-11-9(12(13,14)15)5-7(6-16-11)8-3-2-4-10(8)17/h5-6,8,10,17H,2-4H2,1H3. The van der Waals surface area contributed by atoms with Gasteiger partial charge in [0.25, 0.3) is 0 Å². The maximum atomic E-state index is 12.8. The third-order valence-electron chi connectivity index (χ3n) is 3.28. The van der Waals surface area contributed by atoms with E-state index in [9.17, 15) is 18.3 Å². The van der Waals surface area contributed by atoms with E-state index in [1.54, 1.807) is 0 Å². The number of pyridine rings is 1. The number of halogens is 3. The molecule has 100 valence electrons. The van der Waals surface area contributed by atoms with Crippen molar-refractivity contribution in [3.05, 3.63) is 23.4 Å². The Hall–Kier alpha value is -1.30. The molecule has 18 heavy (non-hydrogen) atoms. The Balaban J connectivity index is 2.39. The molecule has 0 saturated heterocycles. The molecule has 0 spiro atoms. The van der Waals surface area contributed by atoms with Crippen molar-refractivity contribution in [2.75, 3.05) is 7.11 Å². The lowest BCUT2D eigenvalue weighted by atomic mass is 9.96. The fourth-order valence-corrected chi connectivity index (χ4v) is 2.37. The van der Waals surface area contributed by atoms with Gasteiger partial charge in [0, 0.05) is 12.1 Å².